The van der Waals surface area contributed by atoms with Crippen molar-refractivity contribution in [3.05, 3.63) is 53.9 Å². The predicted molar refractivity (Wildman–Crippen MR) is 81.6 cm³/mol. The molecule has 1 aliphatic rings. The van der Waals surface area contributed by atoms with Crippen LogP contribution in [0.15, 0.2) is 42.7 Å². The molecule has 8 heteroatoms. The first-order chi connectivity index (χ1) is 11.4. The van der Waals surface area contributed by atoms with E-state index in [2.05, 4.69) is 9.97 Å². The third-order valence-electron chi connectivity index (χ3n) is 3.86. The predicted octanol–water partition coefficient (Wildman–Crippen LogP) is 2.46. The van der Waals surface area contributed by atoms with Crippen LogP contribution in [0.5, 0.6) is 0 Å². The summed E-state index contributed by atoms with van der Waals surface area (Å²) >= 11 is 0. The summed E-state index contributed by atoms with van der Waals surface area (Å²) in [6.45, 7) is 2.10. The average Bonchev–Trinajstić information content (AvgIpc) is 2.61. The standard InChI is InChI=1S/C16H15F3N4O/c17-16(18,19)13-4-2-12(3-5-13)14(24)22-8-10-23(11-9-22)15-20-6-1-7-21-15/h1-7H,8-11H2. The molecule has 0 N–H and O–H groups in total. The SMILES string of the molecule is O=C(c1ccc(C(F)(F)F)cc1)N1CCN(c2ncccn2)CC1. The molecule has 0 aliphatic carbocycles. The van der Waals surface area contributed by atoms with E-state index in [-0.39, 0.29) is 11.5 Å². The van der Waals surface area contributed by atoms with Crippen molar-refractivity contribution in [3.8, 4) is 0 Å². The maximum Gasteiger partial charge on any atom is 0.416 e. The minimum atomic E-state index is -4.40. The van der Waals surface area contributed by atoms with Gasteiger partial charge in [0.15, 0.2) is 0 Å². The van der Waals surface area contributed by atoms with Crippen LogP contribution in [0.3, 0.4) is 0 Å². The number of alkyl halides is 3. The zero-order valence-corrected chi connectivity index (χ0v) is 12.7. The Morgan fingerprint density at radius 3 is 2.08 bits per heavy atom. The van der Waals surface area contributed by atoms with Crippen molar-refractivity contribution in [1.82, 2.24) is 14.9 Å². The number of aromatic nitrogens is 2. The Bertz CT molecular complexity index is 696. The van der Waals surface area contributed by atoms with Crippen LogP contribution >= 0.6 is 0 Å². The third kappa shape index (κ3) is 3.47. The van der Waals surface area contributed by atoms with Crippen molar-refractivity contribution in [1.29, 1.82) is 0 Å². The molecule has 1 aromatic heterocycles. The van der Waals surface area contributed by atoms with Gasteiger partial charge in [-0.15, -0.1) is 0 Å². The molecule has 24 heavy (non-hydrogen) atoms. The molecule has 0 unspecified atom stereocenters. The van der Waals surface area contributed by atoms with Gasteiger partial charge in [-0.25, -0.2) is 9.97 Å². The van der Waals surface area contributed by atoms with Gasteiger partial charge in [-0.3, -0.25) is 4.79 Å². The Kier molecular flexibility index (Phi) is 4.37. The molecule has 1 saturated heterocycles. The molecule has 2 aromatic rings. The molecule has 0 radical (unpaired) electrons. The van der Waals surface area contributed by atoms with Crippen molar-refractivity contribution >= 4 is 11.9 Å². The van der Waals surface area contributed by atoms with Crippen LogP contribution in [0.2, 0.25) is 0 Å². The quantitative estimate of drug-likeness (QED) is 0.845. The van der Waals surface area contributed by atoms with Gasteiger partial charge in [0.25, 0.3) is 5.91 Å². The maximum atomic E-state index is 12.6. The van der Waals surface area contributed by atoms with E-state index in [1.165, 1.54) is 12.1 Å². The summed E-state index contributed by atoms with van der Waals surface area (Å²) in [5, 5.41) is 0. The fraction of sp³-hybridized carbons (Fsp3) is 0.312. The van der Waals surface area contributed by atoms with Crippen LogP contribution in [0.25, 0.3) is 0 Å². The Balaban J connectivity index is 1.63. The number of carbonyl (C=O) groups excluding carboxylic acids is 1. The van der Waals surface area contributed by atoms with Crippen molar-refractivity contribution in [3.63, 3.8) is 0 Å². The largest absolute Gasteiger partial charge is 0.416 e. The monoisotopic (exact) mass is 336 g/mol. The van der Waals surface area contributed by atoms with Gasteiger partial charge in [0, 0.05) is 44.1 Å². The van der Waals surface area contributed by atoms with Gasteiger partial charge in [0.2, 0.25) is 5.95 Å². The first-order valence-electron chi connectivity index (χ1n) is 7.43. The van der Waals surface area contributed by atoms with Crippen LogP contribution in [-0.2, 0) is 6.18 Å². The molecule has 0 spiro atoms. The van der Waals surface area contributed by atoms with Crippen molar-refractivity contribution in [2.45, 2.75) is 6.18 Å². The lowest BCUT2D eigenvalue weighted by molar-refractivity contribution is -0.137. The topological polar surface area (TPSA) is 49.3 Å². The lowest BCUT2D eigenvalue weighted by atomic mass is 10.1. The molecule has 2 heterocycles. The Morgan fingerprint density at radius 2 is 1.54 bits per heavy atom. The fourth-order valence-electron chi connectivity index (χ4n) is 2.55. The molecule has 0 bridgehead atoms. The number of rotatable bonds is 2. The first-order valence-corrected chi connectivity index (χ1v) is 7.43. The summed E-state index contributed by atoms with van der Waals surface area (Å²) in [7, 11) is 0. The van der Waals surface area contributed by atoms with E-state index in [0.29, 0.717) is 32.1 Å². The summed E-state index contributed by atoms with van der Waals surface area (Å²) in [5.74, 6) is 0.344. The van der Waals surface area contributed by atoms with Gasteiger partial charge < -0.3 is 9.80 Å². The number of piperazine rings is 1. The van der Waals surface area contributed by atoms with E-state index in [4.69, 9.17) is 0 Å². The summed E-state index contributed by atoms with van der Waals surface area (Å²) in [6, 6.07) is 6.03. The fourth-order valence-corrected chi connectivity index (χ4v) is 2.55. The number of hydrogen-bond donors (Lipinski definition) is 0. The number of amides is 1. The Morgan fingerprint density at radius 1 is 0.958 bits per heavy atom. The summed E-state index contributed by atoms with van der Waals surface area (Å²) in [5.41, 5.74) is -0.502. The molecular formula is C16H15F3N4O. The number of benzene rings is 1. The third-order valence-corrected chi connectivity index (χ3v) is 3.86. The van der Waals surface area contributed by atoms with Gasteiger partial charge in [-0.05, 0) is 30.3 Å². The minimum absolute atomic E-state index is 0.257. The number of halogens is 3. The van der Waals surface area contributed by atoms with Gasteiger partial charge in [0.1, 0.15) is 0 Å². The van der Waals surface area contributed by atoms with Crippen molar-refractivity contribution in [2.24, 2.45) is 0 Å². The number of hydrogen-bond acceptors (Lipinski definition) is 4. The van der Waals surface area contributed by atoms with Gasteiger partial charge in [-0.1, -0.05) is 0 Å². The summed E-state index contributed by atoms with van der Waals surface area (Å²) in [4.78, 5) is 24.3. The van der Waals surface area contributed by atoms with Crippen LogP contribution in [-0.4, -0.2) is 47.0 Å². The Hall–Kier alpha value is -2.64. The molecule has 1 amide bonds. The van der Waals surface area contributed by atoms with E-state index in [1.807, 2.05) is 4.90 Å². The molecule has 3 rings (SSSR count). The van der Waals surface area contributed by atoms with Crippen molar-refractivity contribution in [2.75, 3.05) is 31.1 Å². The summed E-state index contributed by atoms with van der Waals surface area (Å²) < 4.78 is 37.7. The zero-order valence-electron chi connectivity index (χ0n) is 12.7. The van der Waals surface area contributed by atoms with E-state index in [1.54, 1.807) is 23.4 Å². The molecular weight excluding hydrogens is 321 g/mol. The lowest BCUT2D eigenvalue weighted by Crippen LogP contribution is -2.49. The highest BCUT2D eigenvalue weighted by molar-refractivity contribution is 5.94. The highest BCUT2D eigenvalue weighted by Gasteiger charge is 2.30. The second-order valence-corrected chi connectivity index (χ2v) is 5.40. The normalized spacial score (nSPS) is 15.5. The highest BCUT2D eigenvalue weighted by Crippen LogP contribution is 2.29. The molecule has 1 fully saturated rings. The molecule has 1 aliphatic heterocycles. The molecule has 1 aromatic carbocycles. The second-order valence-electron chi connectivity index (χ2n) is 5.40. The smallest absolute Gasteiger partial charge is 0.337 e. The minimum Gasteiger partial charge on any atom is -0.337 e. The summed E-state index contributed by atoms with van der Waals surface area (Å²) in [6.07, 6.45) is -1.09. The molecule has 126 valence electrons. The van der Waals surface area contributed by atoms with Crippen LogP contribution < -0.4 is 4.90 Å². The van der Waals surface area contributed by atoms with E-state index >= 15 is 0 Å². The van der Waals surface area contributed by atoms with Gasteiger partial charge in [-0.2, -0.15) is 13.2 Å². The van der Waals surface area contributed by atoms with E-state index < -0.39 is 11.7 Å². The van der Waals surface area contributed by atoms with Crippen LogP contribution in [0.4, 0.5) is 19.1 Å². The second kappa shape index (κ2) is 6.46. The lowest BCUT2D eigenvalue weighted by Gasteiger charge is -2.34. The van der Waals surface area contributed by atoms with Gasteiger partial charge >= 0.3 is 6.18 Å². The van der Waals surface area contributed by atoms with Crippen molar-refractivity contribution < 1.29 is 18.0 Å². The molecule has 5 nitrogen and oxygen atoms in total. The average molecular weight is 336 g/mol. The first kappa shape index (κ1) is 16.2. The van der Waals surface area contributed by atoms with Crippen LogP contribution in [0, 0.1) is 0 Å². The van der Waals surface area contributed by atoms with Crippen LogP contribution in [0.1, 0.15) is 15.9 Å². The zero-order chi connectivity index (χ0) is 17.2. The molecule has 0 saturated carbocycles. The number of anilines is 1. The van der Waals surface area contributed by atoms with E-state index in [9.17, 15) is 18.0 Å². The number of nitrogens with zero attached hydrogens (tertiary/aromatic N) is 4. The Labute approximate surface area is 136 Å². The van der Waals surface area contributed by atoms with E-state index in [0.717, 1.165) is 12.1 Å². The molecule has 0 atom stereocenters. The van der Waals surface area contributed by atoms with Gasteiger partial charge in [0.05, 0.1) is 5.56 Å². The maximum absolute atomic E-state index is 12.6. The number of carbonyl (C=O) groups is 1. The highest BCUT2D eigenvalue weighted by atomic mass is 19.4.